The van der Waals surface area contributed by atoms with E-state index in [2.05, 4.69) is 125 Å². The Morgan fingerprint density at radius 1 is 0.439 bits per heavy atom. The van der Waals surface area contributed by atoms with Gasteiger partial charge in [-0.05, 0) is 170 Å². The third-order valence-electron chi connectivity index (χ3n) is 16.8. The van der Waals surface area contributed by atoms with Crippen molar-refractivity contribution in [1.82, 2.24) is 0 Å². The fourth-order valence-electron chi connectivity index (χ4n) is 12.7. The molecule has 5 aliphatic rings. The molecular weight excluding hydrogens is 685 g/mol. The van der Waals surface area contributed by atoms with Crippen molar-refractivity contribution in [3.8, 4) is 11.1 Å². The highest BCUT2D eigenvalue weighted by atomic mass is 14.5. The highest BCUT2D eigenvalue weighted by Gasteiger charge is 2.45. The Morgan fingerprint density at radius 3 is 1.25 bits per heavy atom. The minimum atomic E-state index is 0.440. The van der Waals surface area contributed by atoms with Crippen molar-refractivity contribution in [2.75, 3.05) is 0 Å². The second-order valence-electron chi connectivity index (χ2n) is 19.8. The van der Waals surface area contributed by atoms with Gasteiger partial charge < -0.3 is 0 Å². The lowest BCUT2D eigenvalue weighted by Crippen LogP contribution is -2.41. The van der Waals surface area contributed by atoms with Crippen LogP contribution in [0, 0.1) is 40.9 Å². The van der Waals surface area contributed by atoms with Gasteiger partial charge >= 0.3 is 0 Å². The molecule has 4 saturated carbocycles. The molecule has 0 radical (unpaired) electrons. The van der Waals surface area contributed by atoms with E-state index in [0.29, 0.717) is 5.41 Å². The largest absolute Gasteiger partial charge is 0.0768 e. The second kappa shape index (κ2) is 20.9. The minimum Gasteiger partial charge on any atom is -0.0768 e. The molecule has 0 aliphatic heterocycles. The first-order valence-corrected chi connectivity index (χ1v) is 24.7. The van der Waals surface area contributed by atoms with Crippen LogP contribution in [-0.4, -0.2) is 0 Å². The van der Waals surface area contributed by atoms with E-state index in [-0.39, 0.29) is 0 Å². The van der Waals surface area contributed by atoms with Crippen molar-refractivity contribution in [2.45, 2.75) is 181 Å². The Bertz CT molecular complexity index is 1620. The molecule has 57 heavy (non-hydrogen) atoms. The van der Waals surface area contributed by atoms with E-state index in [1.807, 2.05) is 0 Å². The first-order chi connectivity index (χ1) is 28.0. The summed E-state index contributed by atoms with van der Waals surface area (Å²) in [5, 5.41) is 0. The maximum absolute atomic E-state index is 2.71. The van der Waals surface area contributed by atoms with E-state index in [9.17, 15) is 0 Å². The third kappa shape index (κ3) is 10.7. The molecule has 0 saturated heterocycles. The fourth-order valence-corrected chi connectivity index (χ4v) is 12.7. The van der Waals surface area contributed by atoms with Crippen LogP contribution in [0.15, 0.2) is 97.1 Å². The summed E-state index contributed by atoms with van der Waals surface area (Å²) in [5.74, 6) is 7.34. The topological polar surface area (TPSA) is 0 Å². The van der Waals surface area contributed by atoms with Gasteiger partial charge in [-0.25, -0.2) is 0 Å². The van der Waals surface area contributed by atoms with Gasteiger partial charge in [0.2, 0.25) is 0 Å². The summed E-state index contributed by atoms with van der Waals surface area (Å²) in [6.45, 7) is 9.46. The van der Waals surface area contributed by atoms with Crippen LogP contribution in [-0.2, 0) is 0 Å². The summed E-state index contributed by atoms with van der Waals surface area (Å²) in [5.41, 5.74) is 9.13. The predicted octanol–water partition coefficient (Wildman–Crippen LogP) is 17.6. The van der Waals surface area contributed by atoms with Crippen LogP contribution in [0.3, 0.4) is 0 Å². The molecule has 0 nitrogen and oxygen atoms in total. The van der Waals surface area contributed by atoms with Crippen LogP contribution in [0.5, 0.6) is 0 Å². The van der Waals surface area contributed by atoms with Gasteiger partial charge in [0.25, 0.3) is 0 Å². The molecule has 0 aromatic heterocycles. The number of hydrogen-bond acceptors (Lipinski definition) is 0. The minimum absolute atomic E-state index is 0.440. The van der Waals surface area contributed by atoms with E-state index in [1.54, 1.807) is 11.1 Å². The van der Waals surface area contributed by atoms with Crippen LogP contribution >= 0.6 is 0 Å². The van der Waals surface area contributed by atoms with E-state index < -0.39 is 0 Å². The van der Waals surface area contributed by atoms with Crippen molar-refractivity contribution in [3.05, 3.63) is 114 Å². The number of benzene rings is 3. The number of rotatable bonds is 11. The zero-order chi connectivity index (χ0) is 39.5. The van der Waals surface area contributed by atoms with Crippen LogP contribution in [0.2, 0.25) is 0 Å². The van der Waals surface area contributed by atoms with E-state index in [1.165, 1.54) is 164 Å². The standard InChI is InChI=1S/C29H40.C28H40/c1-3-5-23-8-12-25(13-9-23)27-16-20-29(21-17-27)28-18-14-26(15-19-28)24-10-6-22(4-2)7-11-24;1-3-22-10-14-26(15-11-22)28(27-16-12-23(4-2)13-17-27)20-18-25(19-21-28)24-8-6-5-7-9-24/h14-25H,3-13H2,1-2H3;5-9,18-20,22-23,26-27H,3-4,10-17,21H2,1-2H3. The van der Waals surface area contributed by atoms with Crippen molar-refractivity contribution in [2.24, 2.45) is 40.9 Å². The summed E-state index contributed by atoms with van der Waals surface area (Å²) in [6.07, 6.45) is 39.0. The first-order valence-electron chi connectivity index (χ1n) is 24.7. The van der Waals surface area contributed by atoms with Crippen LogP contribution in [0.1, 0.15) is 197 Å². The van der Waals surface area contributed by atoms with Crippen LogP contribution < -0.4 is 0 Å². The highest BCUT2D eigenvalue weighted by Crippen LogP contribution is 2.55. The lowest BCUT2D eigenvalue weighted by Gasteiger charge is -2.50. The molecule has 3 aromatic carbocycles. The summed E-state index contributed by atoms with van der Waals surface area (Å²) in [7, 11) is 0. The van der Waals surface area contributed by atoms with Gasteiger partial charge in [-0.3, -0.25) is 0 Å². The smallest absolute Gasteiger partial charge is 0.00237 e. The average molecular weight is 765 g/mol. The first kappa shape index (κ1) is 42.3. The van der Waals surface area contributed by atoms with Crippen molar-refractivity contribution in [3.63, 3.8) is 0 Å². The zero-order valence-electron chi connectivity index (χ0n) is 36.9. The maximum Gasteiger partial charge on any atom is -0.00237 e. The predicted molar refractivity (Wildman–Crippen MR) is 249 cm³/mol. The normalized spacial score (nSPS) is 31.8. The average Bonchev–Trinajstić information content (AvgIpc) is 3.30. The summed E-state index contributed by atoms with van der Waals surface area (Å²) < 4.78 is 0. The SMILES string of the molecule is CCC1CCC(C2(C3CCC(CC)CC3)C=CC(c3ccccc3)=CC2)CC1.CCCC1CCC(c2ccc(-c3ccc(C4CCC(CC)CC4)cc3)cc2)CC1. The third-order valence-corrected chi connectivity index (χ3v) is 16.8. The Labute approximate surface area is 350 Å². The fraction of sp³-hybridized carbons (Fsp3) is 0.614. The lowest BCUT2D eigenvalue weighted by molar-refractivity contribution is 0.0488. The molecular formula is C57H80. The number of allylic oxidation sites excluding steroid dienone is 4. The molecule has 0 unspecified atom stereocenters. The molecule has 8 rings (SSSR count). The van der Waals surface area contributed by atoms with Gasteiger partial charge in [0.1, 0.15) is 0 Å². The quantitative estimate of drug-likeness (QED) is 0.182. The molecule has 0 N–H and O–H groups in total. The highest BCUT2D eigenvalue weighted by molar-refractivity contribution is 5.75. The Kier molecular flexibility index (Phi) is 15.5. The molecule has 0 heterocycles. The van der Waals surface area contributed by atoms with Crippen molar-refractivity contribution in [1.29, 1.82) is 0 Å². The zero-order valence-corrected chi connectivity index (χ0v) is 36.9. The molecule has 3 aromatic rings. The Balaban J connectivity index is 0.000000174. The Hall–Kier alpha value is -2.86. The van der Waals surface area contributed by atoms with Gasteiger partial charge in [-0.15, -0.1) is 0 Å². The van der Waals surface area contributed by atoms with Gasteiger partial charge in [-0.2, -0.15) is 0 Å². The van der Waals surface area contributed by atoms with Crippen LogP contribution in [0.25, 0.3) is 16.7 Å². The van der Waals surface area contributed by atoms with E-state index in [0.717, 1.165) is 47.3 Å². The molecule has 4 fully saturated rings. The second-order valence-corrected chi connectivity index (χ2v) is 19.8. The maximum atomic E-state index is 2.71. The van der Waals surface area contributed by atoms with Gasteiger partial charge in [0, 0.05) is 0 Å². The van der Waals surface area contributed by atoms with Gasteiger partial charge in [0.05, 0.1) is 0 Å². The monoisotopic (exact) mass is 765 g/mol. The molecule has 0 amide bonds. The Morgan fingerprint density at radius 2 is 0.860 bits per heavy atom. The molecule has 0 heteroatoms. The summed E-state index contributed by atoms with van der Waals surface area (Å²) >= 11 is 0. The molecule has 0 atom stereocenters. The molecule has 5 aliphatic carbocycles. The number of hydrogen-bond donors (Lipinski definition) is 0. The van der Waals surface area contributed by atoms with E-state index >= 15 is 0 Å². The molecule has 0 spiro atoms. The van der Waals surface area contributed by atoms with Gasteiger partial charge in [0.15, 0.2) is 0 Å². The van der Waals surface area contributed by atoms with Crippen LogP contribution in [0.4, 0.5) is 0 Å². The van der Waals surface area contributed by atoms with Crippen molar-refractivity contribution < 1.29 is 0 Å². The van der Waals surface area contributed by atoms with Gasteiger partial charge in [-0.1, -0.05) is 183 Å². The molecule has 308 valence electrons. The summed E-state index contributed by atoms with van der Waals surface area (Å²) in [4.78, 5) is 0. The van der Waals surface area contributed by atoms with E-state index in [4.69, 9.17) is 0 Å². The summed E-state index contributed by atoms with van der Waals surface area (Å²) in [6, 6.07) is 30.0. The lowest BCUT2D eigenvalue weighted by atomic mass is 9.54. The van der Waals surface area contributed by atoms with Crippen molar-refractivity contribution >= 4 is 5.57 Å². The molecule has 0 bridgehead atoms.